The van der Waals surface area contributed by atoms with Gasteiger partial charge in [0.15, 0.2) is 4.34 Å². The number of rotatable bonds is 7. The van der Waals surface area contributed by atoms with Gasteiger partial charge in [-0.2, -0.15) is 5.10 Å². The van der Waals surface area contributed by atoms with Crippen LogP contribution in [0.3, 0.4) is 0 Å². The molecular formula is C19H21N5O2S2. The molecule has 9 heteroatoms. The van der Waals surface area contributed by atoms with Crippen LogP contribution in [0.2, 0.25) is 0 Å². The van der Waals surface area contributed by atoms with Gasteiger partial charge in [-0.05, 0) is 32.9 Å². The molecule has 0 spiro atoms. The fourth-order valence-corrected chi connectivity index (χ4v) is 4.78. The summed E-state index contributed by atoms with van der Waals surface area (Å²) in [6.45, 7) is 5.63. The highest BCUT2D eigenvalue weighted by molar-refractivity contribution is 8.01. The number of carbonyl (C=O) groups excluding carboxylic acids is 2. The molecule has 0 aliphatic rings. The third-order valence-corrected chi connectivity index (χ3v) is 6.39. The van der Waals surface area contributed by atoms with Crippen LogP contribution < -0.4 is 11.1 Å². The molecule has 3 N–H and O–H groups in total. The fraction of sp³-hybridized carbons (Fsp3) is 0.263. The molecule has 1 aromatic carbocycles. The van der Waals surface area contributed by atoms with Crippen molar-refractivity contribution in [2.24, 2.45) is 5.73 Å². The number of aromatic nitrogens is 3. The first-order valence-corrected chi connectivity index (χ1v) is 10.4. The van der Waals surface area contributed by atoms with Crippen LogP contribution in [-0.4, -0.2) is 32.3 Å². The number of aryl methyl sites for hydroxylation is 2. The lowest BCUT2D eigenvalue weighted by Gasteiger charge is -2.06. The summed E-state index contributed by atoms with van der Waals surface area (Å²) >= 11 is 2.74. The molecule has 2 aromatic heterocycles. The number of anilines is 1. The molecule has 0 aliphatic heterocycles. The van der Waals surface area contributed by atoms with Crippen molar-refractivity contribution in [1.29, 1.82) is 0 Å². The summed E-state index contributed by atoms with van der Waals surface area (Å²) in [6.07, 6.45) is 0.174. The average molecular weight is 416 g/mol. The Hall–Kier alpha value is -2.65. The van der Waals surface area contributed by atoms with Gasteiger partial charge in [-0.3, -0.25) is 9.59 Å². The van der Waals surface area contributed by atoms with E-state index in [1.54, 1.807) is 0 Å². The maximum atomic E-state index is 12.4. The van der Waals surface area contributed by atoms with E-state index in [0.717, 1.165) is 37.7 Å². The molecule has 3 rings (SSSR count). The number of thioether (sulfide) groups is 1. The van der Waals surface area contributed by atoms with Crippen molar-refractivity contribution >= 4 is 40.6 Å². The zero-order chi connectivity index (χ0) is 20.3. The van der Waals surface area contributed by atoms with Gasteiger partial charge < -0.3 is 11.1 Å². The summed E-state index contributed by atoms with van der Waals surface area (Å²) in [5.74, 6) is -0.297. The van der Waals surface area contributed by atoms with Gasteiger partial charge in [-0.15, -0.1) is 11.3 Å². The maximum absolute atomic E-state index is 12.4. The van der Waals surface area contributed by atoms with Gasteiger partial charge in [0, 0.05) is 4.88 Å². The minimum atomic E-state index is -0.387. The van der Waals surface area contributed by atoms with Gasteiger partial charge in [-0.25, -0.2) is 9.67 Å². The second-order valence-electron chi connectivity index (χ2n) is 6.26. The Balaban J connectivity index is 1.66. The van der Waals surface area contributed by atoms with Crippen LogP contribution in [0.1, 0.15) is 22.0 Å². The van der Waals surface area contributed by atoms with Crippen molar-refractivity contribution in [1.82, 2.24) is 14.8 Å². The van der Waals surface area contributed by atoms with Crippen LogP contribution in [-0.2, 0) is 16.0 Å². The van der Waals surface area contributed by atoms with Gasteiger partial charge >= 0.3 is 0 Å². The second kappa shape index (κ2) is 8.57. The zero-order valence-corrected chi connectivity index (χ0v) is 17.5. The Kier molecular flexibility index (Phi) is 6.15. The van der Waals surface area contributed by atoms with Crippen molar-refractivity contribution in [3.8, 4) is 5.69 Å². The molecule has 0 atom stereocenters. The van der Waals surface area contributed by atoms with Crippen molar-refractivity contribution in [2.75, 3.05) is 11.1 Å². The van der Waals surface area contributed by atoms with E-state index in [1.807, 2.05) is 55.8 Å². The standard InChI is InChI=1S/C19H21N5O2S2/c1-11-15(9-16(20)25)28-19(21-11)27-10-17(26)22-18-12(2)23-24(13(18)3)14-7-5-4-6-8-14/h4-8H,9-10H2,1-3H3,(H2,20,25)(H,22,26). The molecule has 0 saturated heterocycles. The van der Waals surface area contributed by atoms with E-state index in [2.05, 4.69) is 15.4 Å². The quantitative estimate of drug-likeness (QED) is 0.578. The fourth-order valence-electron chi connectivity index (χ4n) is 2.73. The lowest BCUT2D eigenvalue weighted by molar-refractivity contribution is -0.117. The van der Waals surface area contributed by atoms with Crippen LogP contribution in [0.15, 0.2) is 34.7 Å². The van der Waals surface area contributed by atoms with E-state index in [0.29, 0.717) is 0 Å². The number of nitrogens with two attached hydrogens (primary N) is 1. The van der Waals surface area contributed by atoms with Crippen LogP contribution in [0, 0.1) is 20.8 Å². The first kappa shape index (κ1) is 20.1. The smallest absolute Gasteiger partial charge is 0.234 e. The zero-order valence-electron chi connectivity index (χ0n) is 15.9. The molecule has 3 aromatic rings. The van der Waals surface area contributed by atoms with E-state index in [9.17, 15) is 9.59 Å². The average Bonchev–Trinajstić information content (AvgIpc) is 3.14. The normalized spacial score (nSPS) is 10.8. The minimum Gasteiger partial charge on any atom is -0.369 e. The molecule has 0 saturated carbocycles. The molecule has 0 radical (unpaired) electrons. The number of thiazole rings is 1. The van der Waals surface area contributed by atoms with Gasteiger partial charge in [-0.1, -0.05) is 30.0 Å². The van der Waals surface area contributed by atoms with Crippen molar-refractivity contribution < 1.29 is 9.59 Å². The highest BCUT2D eigenvalue weighted by Gasteiger charge is 2.16. The molecule has 0 aliphatic carbocycles. The van der Waals surface area contributed by atoms with E-state index in [4.69, 9.17) is 5.73 Å². The third-order valence-electron chi connectivity index (χ3n) is 4.09. The molecule has 2 amide bonds. The summed E-state index contributed by atoms with van der Waals surface area (Å²) in [5.41, 5.74) is 9.32. The molecule has 0 unspecified atom stereocenters. The van der Waals surface area contributed by atoms with Crippen LogP contribution >= 0.6 is 23.1 Å². The third kappa shape index (κ3) is 4.60. The lowest BCUT2D eigenvalue weighted by atomic mass is 10.3. The number of carbonyl (C=O) groups is 2. The van der Waals surface area contributed by atoms with Gasteiger partial charge in [0.2, 0.25) is 11.8 Å². The Morgan fingerprint density at radius 2 is 1.89 bits per heavy atom. The van der Waals surface area contributed by atoms with Crippen molar-refractivity contribution in [2.45, 2.75) is 31.5 Å². The summed E-state index contributed by atoms with van der Waals surface area (Å²) in [7, 11) is 0. The van der Waals surface area contributed by atoms with E-state index >= 15 is 0 Å². The number of hydrogen-bond acceptors (Lipinski definition) is 6. The van der Waals surface area contributed by atoms with Crippen molar-refractivity contribution in [3.63, 3.8) is 0 Å². The largest absolute Gasteiger partial charge is 0.369 e. The second-order valence-corrected chi connectivity index (χ2v) is 8.57. The monoisotopic (exact) mass is 415 g/mol. The first-order chi connectivity index (χ1) is 13.3. The van der Waals surface area contributed by atoms with Crippen LogP contribution in [0.25, 0.3) is 5.69 Å². The Bertz CT molecular complexity index is 1010. The highest BCUT2D eigenvalue weighted by Crippen LogP contribution is 2.28. The number of nitrogens with one attached hydrogen (secondary N) is 1. The molecule has 0 bridgehead atoms. The predicted molar refractivity (Wildman–Crippen MR) is 112 cm³/mol. The molecule has 146 valence electrons. The predicted octanol–water partition coefficient (Wildman–Crippen LogP) is 3.01. The SMILES string of the molecule is Cc1nc(SCC(=O)Nc2c(C)nn(-c3ccccc3)c2C)sc1CC(N)=O. The Morgan fingerprint density at radius 3 is 2.57 bits per heavy atom. The van der Waals surface area contributed by atoms with Crippen molar-refractivity contribution in [3.05, 3.63) is 52.3 Å². The molecule has 28 heavy (non-hydrogen) atoms. The Labute approximate surface area is 171 Å². The first-order valence-electron chi connectivity index (χ1n) is 8.64. The summed E-state index contributed by atoms with van der Waals surface area (Å²) in [6, 6.07) is 9.78. The number of benzene rings is 1. The van der Waals surface area contributed by atoms with Crippen LogP contribution in [0.4, 0.5) is 5.69 Å². The summed E-state index contributed by atoms with van der Waals surface area (Å²) in [5, 5.41) is 7.49. The number of hydrogen-bond donors (Lipinski definition) is 2. The van der Waals surface area contributed by atoms with E-state index in [1.165, 1.54) is 23.1 Å². The Morgan fingerprint density at radius 1 is 1.18 bits per heavy atom. The summed E-state index contributed by atoms with van der Waals surface area (Å²) < 4.78 is 2.57. The van der Waals surface area contributed by atoms with E-state index < -0.39 is 0 Å². The molecule has 7 nitrogen and oxygen atoms in total. The summed E-state index contributed by atoms with van der Waals surface area (Å²) in [4.78, 5) is 28.8. The molecular weight excluding hydrogens is 394 g/mol. The highest BCUT2D eigenvalue weighted by atomic mass is 32.2. The number of amides is 2. The molecule has 2 heterocycles. The van der Waals surface area contributed by atoms with Crippen LogP contribution in [0.5, 0.6) is 0 Å². The number of nitrogens with zero attached hydrogens (tertiary/aromatic N) is 3. The maximum Gasteiger partial charge on any atom is 0.234 e. The molecule has 0 fully saturated rings. The topological polar surface area (TPSA) is 103 Å². The van der Waals surface area contributed by atoms with Gasteiger partial charge in [0.25, 0.3) is 0 Å². The number of para-hydroxylation sites is 1. The number of primary amides is 1. The van der Waals surface area contributed by atoms with E-state index in [-0.39, 0.29) is 24.0 Å². The van der Waals surface area contributed by atoms with Gasteiger partial charge in [0.05, 0.1) is 40.6 Å². The minimum absolute atomic E-state index is 0.131. The lowest BCUT2D eigenvalue weighted by Crippen LogP contribution is -2.15. The van der Waals surface area contributed by atoms with Gasteiger partial charge in [0.1, 0.15) is 0 Å².